The van der Waals surface area contributed by atoms with Crippen molar-refractivity contribution in [2.45, 2.75) is 51.6 Å². The van der Waals surface area contributed by atoms with Gasteiger partial charge in [-0.2, -0.15) is 0 Å². The number of benzene rings is 2. The van der Waals surface area contributed by atoms with Crippen molar-refractivity contribution in [2.24, 2.45) is 0 Å². The topological polar surface area (TPSA) is 123 Å². The second kappa shape index (κ2) is 12.3. The van der Waals surface area contributed by atoms with Crippen LogP contribution >= 0.6 is 0 Å². The van der Waals surface area contributed by atoms with Gasteiger partial charge in [-0.25, -0.2) is 14.0 Å². The van der Waals surface area contributed by atoms with E-state index in [1.165, 1.54) is 47.9 Å². The molecule has 1 amide bonds. The Kier molecular flexibility index (Phi) is 8.41. The van der Waals surface area contributed by atoms with Crippen LogP contribution in [0.3, 0.4) is 0 Å². The normalized spacial score (nSPS) is 13.5. The Labute approximate surface area is 240 Å². The highest BCUT2D eigenvalue weighted by molar-refractivity contribution is 5.88. The summed E-state index contributed by atoms with van der Waals surface area (Å²) in [7, 11) is 3.02. The Morgan fingerprint density at radius 1 is 0.976 bits per heavy atom. The van der Waals surface area contributed by atoms with Crippen molar-refractivity contribution < 1.29 is 28.1 Å². The summed E-state index contributed by atoms with van der Waals surface area (Å²) in [5, 5.41) is 3.00. The number of nitrogens with zero attached hydrogens (tertiary/aromatic N) is 3. The lowest BCUT2D eigenvalue weighted by atomic mass is 9.95. The van der Waals surface area contributed by atoms with Gasteiger partial charge in [0.1, 0.15) is 5.75 Å². The lowest BCUT2D eigenvalue weighted by Gasteiger charge is -2.24. The highest BCUT2D eigenvalue weighted by Crippen LogP contribution is 2.37. The highest BCUT2D eigenvalue weighted by atomic mass is 19.1. The number of nitrogens with one attached hydrogen (secondary N) is 1. The van der Waals surface area contributed by atoms with E-state index in [0.29, 0.717) is 47.5 Å². The van der Waals surface area contributed by atoms with Crippen LogP contribution in [0.25, 0.3) is 10.9 Å². The maximum Gasteiger partial charge on any atom is 0.417 e. The van der Waals surface area contributed by atoms with E-state index in [9.17, 15) is 14.4 Å². The SMILES string of the molecule is CCn1cc(OC(=O)Nc2ccc(Oc3ccnc4cc(OC)c(OC)cc34)c(F)c2)c(=O)n(C2CCCCC2)c1=O. The highest BCUT2D eigenvalue weighted by Gasteiger charge is 2.23. The van der Waals surface area contributed by atoms with Gasteiger partial charge in [-0.05, 0) is 44.0 Å². The molecule has 0 atom stereocenters. The fourth-order valence-electron chi connectivity index (χ4n) is 5.11. The summed E-state index contributed by atoms with van der Waals surface area (Å²) >= 11 is 0. The number of fused-ring (bicyclic) bond motifs is 1. The van der Waals surface area contributed by atoms with Gasteiger partial charge >= 0.3 is 11.8 Å². The van der Waals surface area contributed by atoms with E-state index < -0.39 is 23.2 Å². The third-order valence-corrected chi connectivity index (χ3v) is 7.24. The number of aryl methyl sites for hydroxylation is 1. The van der Waals surface area contributed by atoms with E-state index in [1.807, 2.05) is 0 Å². The molecule has 2 aromatic heterocycles. The predicted octanol–water partition coefficient (Wildman–Crippen LogP) is 5.64. The molecule has 4 aromatic rings. The Morgan fingerprint density at radius 3 is 2.40 bits per heavy atom. The molecule has 0 saturated heterocycles. The molecule has 12 heteroatoms. The van der Waals surface area contributed by atoms with Crippen molar-refractivity contribution in [3.63, 3.8) is 0 Å². The van der Waals surface area contributed by atoms with Gasteiger partial charge < -0.3 is 18.9 Å². The minimum atomic E-state index is -1.00. The first-order chi connectivity index (χ1) is 20.3. The zero-order valence-corrected chi connectivity index (χ0v) is 23.5. The molecule has 0 radical (unpaired) electrons. The van der Waals surface area contributed by atoms with Crippen LogP contribution in [0.15, 0.2) is 58.4 Å². The zero-order chi connectivity index (χ0) is 29.8. The second-order valence-electron chi connectivity index (χ2n) is 9.82. The molecule has 1 fully saturated rings. The fraction of sp³-hybridized carbons (Fsp3) is 0.333. The summed E-state index contributed by atoms with van der Waals surface area (Å²) in [6.45, 7) is 2.05. The summed E-state index contributed by atoms with van der Waals surface area (Å²) in [5.74, 6) is 0.154. The molecule has 11 nitrogen and oxygen atoms in total. The summed E-state index contributed by atoms with van der Waals surface area (Å²) < 4.78 is 39.4. The smallest absolute Gasteiger partial charge is 0.417 e. The molecule has 1 saturated carbocycles. The molecular weight excluding hydrogens is 547 g/mol. The zero-order valence-electron chi connectivity index (χ0n) is 23.5. The number of amides is 1. The van der Waals surface area contributed by atoms with Gasteiger partial charge in [-0.3, -0.25) is 24.2 Å². The van der Waals surface area contributed by atoms with Crippen LogP contribution < -0.4 is 35.5 Å². The van der Waals surface area contributed by atoms with Gasteiger partial charge in [0.15, 0.2) is 23.1 Å². The van der Waals surface area contributed by atoms with Crippen molar-refractivity contribution in [1.82, 2.24) is 14.1 Å². The number of anilines is 1. The molecule has 1 N–H and O–H groups in total. The van der Waals surface area contributed by atoms with Crippen LogP contribution in [0, 0.1) is 5.82 Å². The molecule has 220 valence electrons. The van der Waals surface area contributed by atoms with Gasteiger partial charge in [0.2, 0.25) is 5.75 Å². The standard InChI is InChI=1S/C30H31FN4O7/c1-4-34-17-27(28(36)35(30(34)38)19-8-6-5-7-9-19)42-29(37)33-18-10-11-24(21(31)14-18)41-23-12-13-32-22-16-26(40-3)25(39-2)15-20(22)23/h10-17,19H,4-9H2,1-3H3,(H,33,37). The molecule has 2 heterocycles. The van der Waals surface area contributed by atoms with Crippen LogP contribution in [0.5, 0.6) is 28.7 Å². The number of rotatable bonds is 8. The minimum absolute atomic E-state index is 0.0762. The van der Waals surface area contributed by atoms with Crippen molar-refractivity contribution in [3.8, 4) is 28.7 Å². The van der Waals surface area contributed by atoms with E-state index in [0.717, 1.165) is 25.3 Å². The van der Waals surface area contributed by atoms with Gasteiger partial charge in [-0.1, -0.05) is 19.3 Å². The first kappa shape index (κ1) is 28.7. The first-order valence-corrected chi connectivity index (χ1v) is 13.7. The largest absolute Gasteiger partial charge is 0.493 e. The van der Waals surface area contributed by atoms with Crippen LogP contribution in [0.4, 0.5) is 14.9 Å². The number of hydrogen-bond acceptors (Lipinski definition) is 8. The van der Waals surface area contributed by atoms with Crippen LogP contribution in [0.2, 0.25) is 0 Å². The van der Waals surface area contributed by atoms with Crippen LogP contribution in [0.1, 0.15) is 45.1 Å². The maximum atomic E-state index is 15.1. The Hall–Kier alpha value is -4.87. The van der Waals surface area contributed by atoms with Gasteiger partial charge in [0, 0.05) is 42.0 Å². The summed E-state index contributed by atoms with van der Waals surface area (Å²) in [4.78, 5) is 43.0. The van der Waals surface area contributed by atoms with Crippen molar-refractivity contribution >= 4 is 22.7 Å². The molecule has 0 aliphatic heterocycles. The average molecular weight is 579 g/mol. The maximum absolute atomic E-state index is 15.1. The average Bonchev–Trinajstić information content (AvgIpc) is 3.00. The molecule has 0 bridgehead atoms. The number of halogens is 1. The fourth-order valence-corrected chi connectivity index (χ4v) is 5.11. The number of pyridine rings is 1. The third-order valence-electron chi connectivity index (χ3n) is 7.24. The van der Waals surface area contributed by atoms with Gasteiger partial charge in [-0.15, -0.1) is 0 Å². The number of carbonyl (C=O) groups is 1. The third kappa shape index (κ3) is 5.78. The number of hydrogen-bond donors (Lipinski definition) is 1. The molecule has 2 aromatic carbocycles. The first-order valence-electron chi connectivity index (χ1n) is 13.7. The number of carbonyl (C=O) groups excluding carboxylic acids is 1. The summed E-state index contributed by atoms with van der Waals surface area (Å²) in [6, 6.07) is 8.57. The Bertz CT molecular complexity index is 1740. The van der Waals surface area contributed by atoms with Gasteiger partial charge in [0.25, 0.3) is 5.56 Å². The van der Waals surface area contributed by atoms with Crippen molar-refractivity contribution in [3.05, 3.63) is 75.4 Å². The summed E-state index contributed by atoms with van der Waals surface area (Å²) in [6.07, 6.45) is 6.05. The molecule has 1 aliphatic rings. The number of aromatic nitrogens is 3. The Balaban J connectivity index is 1.34. The number of methoxy groups -OCH3 is 2. The number of ether oxygens (including phenoxy) is 4. The van der Waals surface area contributed by atoms with Crippen LogP contribution in [-0.2, 0) is 6.54 Å². The monoisotopic (exact) mass is 578 g/mol. The van der Waals surface area contributed by atoms with E-state index in [-0.39, 0.29) is 23.2 Å². The minimum Gasteiger partial charge on any atom is -0.493 e. The molecule has 0 unspecified atom stereocenters. The van der Waals surface area contributed by atoms with Crippen molar-refractivity contribution in [1.29, 1.82) is 0 Å². The van der Waals surface area contributed by atoms with E-state index in [1.54, 1.807) is 25.1 Å². The quantitative estimate of drug-likeness (QED) is 0.285. The van der Waals surface area contributed by atoms with E-state index in [2.05, 4.69) is 10.3 Å². The van der Waals surface area contributed by atoms with E-state index in [4.69, 9.17) is 18.9 Å². The molecule has 5 rings (SSSR count). The van der Waals surface area contributed by atoms with Crippen molar-refractivity contribution in [2.75, 3.05) is 19.5 Å². The van der Waals surface area contributed by atoms with E-state index >= 15 is 4.39 Å². The molecule has 1 aliphatic carbocycles. The molecule has 42 heavy (non-hydrogen) atoms. The molecular formula is C30H31FN4O7. The molecule has 0 spiro atoms. The Morgan fingerprint density at radius 2 is 1.71 bits per heavy atom. The predicted molar refractivity (Wildman–Crippen MR) is 154 cm³/mol. The van der Waals surface area contributed by atoms with Crippen LogP contribution in [-0.4, -0.2) is 34.4 Å². The summed E-state index contributed by atoms with van der Waals surface area (Å²) in [5.41, 5.74) is -0.462. The lowest BCUT2D eigenvalue weighted by molar-refractivity contribution is 0.212. The second-order valence-corrected chi connectivity index (χ2v) is 9.82. The van der Waals surface area contributed by atoms with Gasteiger partial charge in [0.05, 0.1) is 25.9 Å². The lowest BCUT2D eigenvalue weighted by Crippen LogP contribution is -2.43.